The van der Waals surface area contributed by atoms with Gasteiger partial charge in [0.15, 0.2) is 0 Å². The number of carbonyl (C=O) groups is 1. The van der Waals surface area contributed by atoms with Gasteiger partial charge in [0.25, 0.3) is 0 Å². The molecule has 0 N–H and O–H groups in total. The van der Waals surface area contributed by atoms with Gasteiger partial charge in [-0.25, -0.2) is 9.78 Å². The summed E-state index contributed by atoms with van der Waals surface area (Å²) in [4.78, 5) is 21.3. The Morgan fingerprint density at radius 2 is 1.69 bits per heavy atom. The fraction of sp³-hybridized carbons (Fsp3) is 0.231. The number of piperazine rings is 1. The second-order valence-corrected chi connectivity index (χ2v) is 8.08. The number of rotatable bonds is 5. The second kappa shape index (κ2) is 8.85. The number of aromatic nitrogens is 2. The van der Waals surface area contributed by atoms with E-state index in [1.54, 1.807) is 12.1 Å². The van der Waals surface area contributed by atoms with E-state index in [1.165, 1.54) is 18.4 Å². The molecule has 1 fully saturated rings. The zero-order valence-electron chi connectivity index (χ0n) is 18.1. The molecule has 162 valence electrons. The van der Waals surface area contributed by atoms with Gasteiger partial charge in [-0.05, 0) is 42.0 Å². The molecule has 4 aromatic rings. The third kappa shape index (κ3) is 4.09. The minimum absolute atomic E-state index is 0.352. The number of ether oxygens (including phenoxy) is 1. The molecule has 6 nitrogen and oxygen atoms in total. The first-order valence-corrected chi connectivity index (χ1v) is 10.9. The van der Waals surface area contributed by atoms with Crippen LogP contribution in [0.4, 0.5) is 5.69 Å². The molecule has 1 aromatic heterocycles. The van der Waals surface area contributed by atoms with Crippen molar-refractivity contribution in [3.63, 3.8) is 0 Å². The lowest BCUT2D eigenvalue weighted by Crippen LogP contribution is -2.45. The van der Waals surface area contributed by atoms with E-state index in [9.17, 15) is 4.79 Å². The van der Waals surface area contributed by atoms with Crippen LogP contribution in [0.5, 0.6) is 0 Å². The van der Waals surface area contributed by atoms with Crippen molar-refractivity contribution in [3.8, 4) is 5.69 Å². The number of fused-ring (bicyclic) bond motifs is 1. The van der Waals surface area contributed by atoms with Crippen LogP contribution in [0.15, 0.2) is 79.1 Å². The van der Waals surface area contributed by atoms with Crippen LogP contribution < -0.4 is 4.90 Å². The summed E-state index contributed by atoms with van der Waals surface area (Å²) in [6.07, 6.45) is 1.81. The van der Waals surface area contributed by atoms with Crippen LogP contribution in [0.3, 0.4) is 0 Å². The van der Waals surface area contributed by atoms with E-state index < -0.39 is 0 Å². The summed E-state index contributed by atoms with van der Waals surface area (Å²) < 4.78 is 6.88. The molecule has 2 heterocycles. The molecule has 0 saturated carbocycles. The van der Waals surface area contributed by atoms with E-state index in [0.717, 1.165) is 49.4 Å². The number of esters is 1. The van der Waals surface area contributed by atoms with Crippen molar-refractivity contribution < 1.29 is 9.53 Å². The highest BCUT2D eigenvalue weighted by atomic mass is 16.5. The van der Waals surface area contributed by atoms with E-state index in [4.69, 9.17) is 4.74 Å². The first-order valence-electron chi connectivity index (χ1n) is 10.9. The van der Waals surface area contributed by atoms with Gasteiger partial charge >= 0.3 is 5.97 Å². The molecule has 32 heavy (non-hydrogen) atoms. The molecule has 6 heteroatoms. The Hall–Kier alpha value is -3.64. The minimum Gasteiger partial charge on any atom is -0.465 e. The van der Waals surface area contributed by atoms with E-state index in [-0.39, 0.29) is 5.97 Å². The number of hydrogen-bond donors (Lipinski definition) is 0. The molecule has 0 spiro atoms. The molecule has 0 amide bonds. The summed E-state index contributed by atoms with van der Waals surface area (Å²) in [5, 5.41) is 0. The first-order chi connectivity index (χ1) is 15.7. The standard InChI is InChI=1S/C26H26N4O2/c1-32-26(31)21-10-11-25-24(16-21)27-19-30(25)23-9-5-8-22(17-23)29-14-12-28(13-15-29)18-20-6-3-2-4-7-20/h2-11,16-17,19H,12-15,18H2,1H3. The molecule has 0 atom stereocenters. The van der Waals surface area contributed by atoms with Crippen LogP contribution in [0.25, 0.3) is 16.7 Å². The van der Waals surface area contributed by atoms with Crippen molar-refractivity contribution in [3.05, 3.63) is 90.3 Å². The van der Waals surface area contributed by atoms with Gasteiger partial charge in [-0.1, -0.05) is 36.4 Å². The molecule has 0 bridgehead atoms. The zero-order chi connectivity index (χ0) is 21.9. The van der Waals surface area contributed by atoms with E-state index in [1.807, 2.05) is 12.4 Å². The van der Waals surface area contributed by atoms with E-state index in [0.29, 0.717) is 5.56 Å². The van der Waals surface area contributed by atoms with Crippen LogP contribution in [0, 0.1) is 0 Å². The van der Waals surface area contributed by atoms with Crippen molar-refractivity contribution in [2.75, 3.05) is 38.2 Å². The fourth-order valence-electron chi connectivity index (χ4n) is 4.31. The van der Waals surface area contributed by atoms with Crippen LogP contribution in [-0.2, 0) is 11.3 Å². The number of benzene rings is 3. The smallest absolute Gasteiger partial charge is 0.337 e. The van der Waals surface area contributed by atoms with Gasteiger partial charge in [0.2, 0.25) is 0 Å². The maximum absolute atomic E-state index is 11.8. The molecule has 1 aliphatic heterocycles. The van der Waals surface area contributed by atoms with Gasteiger partial charge in [0, 0.05) is 44.1 Å². The maximum atomic E-state index is 11.8. The van der Waals surface area contributed by atoms with E-state index in [2.05, 4.69) is 73.9 Å². The van der Waals surface area contributed by atoms with Gasteiger partial charge in [-0.2, -0.15) is 0 Å². The number of methoxy groups -OCH3 is 1. The predicted molar refractivity (Wildman–Crippen MR) is 126 cm³/mol. The number of hydrogen-bond acceptors (Lipinski definition) is 5. The molecule has 0 unspecified atom stereocenters. The SMILES string of the molecule is COC(=O)c1ccc2c(c1)ncn2-c1cccc(N2CCN(Cc3ccccc3)CC2)c1. The molecule has 1 saturated heterocycles. The lowest BCUT2D eigenvalue weighted by molar-refractivity contribution is 0.0601. The normalized spacial score (nSPS) is 14.6. The van der Waals surface area contributed by atoms with Gasteiger partial charge in [0.1, 0.15) is 6.33 Å². The maximum Gasteiger partial charge on any atom is 0.337 e. The summed E-state index contributed by atoms with van der Waals surface area (Å²) in [5.74, 6) is -0.352. The molecular weight excluding hydrogens is 400 g/mol. The summed E-state index contributed by atoms with van der Waals surface area (Å²) in [6, 6.07) is 24.7. The third-order valence-corrected chi connectivity index (χ3v) is 6.06. The van der Waals surface area contributed by atoms with Gasteiger partial charge in [0.05, 0.1) is 23.7 Å². The summed E-state index contributed by atoms with van der Waals surface area (Å²) in [7, 11) is 1.39. The Morgan fingerprint density at radius 3 is 2.47 bits per heavy atom. The predicted octanol–water partition coefficient (Wildman–Crippen LogP) is 4.13. The lowest BCUT2D eigenvalue weighted by Gasteiger charge is -2.36. The fourth-order valence-corrected chi connectivity index (χ4v) is 4.31. The monoisotopic (exact) mass is 426 g/mol. The first kappa shape index (κ1) is 20.3. The van der Waals surface area contributed by atoms with Crippen LogP contribution >= 0.6 is 0 Å². The molecule has 3 aromatic carbocycles. The summed E-state index contributed by atoms with van der Waals surface area (Å²) >= 11 is 0. The Balaban J connectivity index is 1.32. The van der Waals surface area contributed by atoms with Gasteiger partial charge < -0.3 is 9.64 Å². The van der Waals surface area contributed by atoms with Crippen molar-refractivity contribution >= 4 is 22.7 Å². The number of nitrogens with zero attached hydrogens (tertiary/aromatic N) is 4. The van der Waals surface area contributed by atoms with Crippen molar-refractivity contribution in [2.24, 2.45) is 0 Å². The van der Waals surface area contributed by atoms with Crippen molar-refractivity contribution in [1.29, 1.82) is 0 Å². The summed E-state index contributed by atoms with van der Waals surface area (Å²) in [6.45, 7) is 5.10. The van der Waals surface area contributed by atoms with E-state index >= 15 is 0 Å². The molecule has 0 aliphatic carbocycles. The Labute approximate surface area is 187 Å². The average molecular weight is 427 g/mol. The summed E-state index contributed by atoms with van der Waals surface area (Å²) in [5.41, 5.74) is 5.88. The largest absolute Gasteiger partial charge is 0.465 e. The quantitative estimate of drug-likeness (QED) is 0.449. The van der Waals surface area contributed by atoms with Crippen LogP contribution in [-0.4, -0.2) is 53.7 Å². The molecule has 5 rings (SSSR count). The Morgan fingerprint density at radius 1 is 0.906 bits per heavy atom. The number of anilines is 1. The Bertz CT molecular complexity index is 1230. The van der Waals surface area contributed by atoms with Gasteiger partial charge in [-0.15, -0.1) is 0 Å². The number of carbonyl (C=O) groups excluding carboxylic acids is 1. The second-order valence-electron chi connectivity index (χ2n) is 8.08. The van der Waals surface area contributed by atoms with Crippen molar-refractivity contribution in [2.45, 2.75) is 6.54 Å². The highest BCUT2D eigenvalue weighted by Gasteiger charge is 2.18. The molecule has 1 aliphatic rings. The zero-order valence-corrected chi connectivity index (χ0v) is 18.1. The Kier molecular flexibility index (Phi) is 5.60. The van der Waals surface area contributed by atoms with Gasteiger partial charge in [-0.3, -0.25) is 9.47 Å². The van der Waals surface area contributed by atoms with Crippen molar-refractivity contribution in [1.82, 2.24) is 14.5 Å². The highest BCUT2D eigenvalue weighted by molar-refractivity contribution is 5.93. The number of imidazole rings is 1. The lowest BCUT2D eigenvalue weighted by atomic mass is 10.1. The van der Waals surface area contributed by atoms with Crippen LogP contribution in [0.1, 0.15) is 15.9 Å². The third-order valence-electron chi connectivity index (χ3n) is 6.06. The highest BCUT2D eigenvalue weighted by Crippen LogP contribution is 2.24. The minimum atomic E-state index is -0.352. The molecular formula is C26H26N4O2. The topological polar surface area (TPSA) is 50.6 Å². The van der Waals surface area contributed by atoms with Crippen LogP contribution in [0.2, 0.25) is 0 Å². The average Bonchev–Trinajstić information content (AvgIpc) is 3.28. The molecule has 0 radical (unpaired) electrons.